The van der Waals surface area contributed by atoms with Gasteiger partial charge in [0.05, 0.1) is 15.1 Å². The third-order valence-electron chi connectivity index (χ3n) is 2.37. The van der Waals surface area contributed by atoms with Crippen LogP contribution in [0, 0.1) is 10.1 Å². The lowest BCUT2D eigenvalue weighted by molar-refractivity contribution is -0.385. The number of nitrogens with zero attached hydrogens (tertiary/aromatic N) is 2. The molecule has 1 aromatic heterocycles. The molecule has 0 aliphatic rings. The van der Waals surface area contributed by atoms with Gasteiger partial charge in [0.15, 0.2) is 0 Å². The highest BCUT2D eigenvalue weighted by Crippen LogP contribution is 2.28. The van der Waals surface area contributed by atoms with E-state index in [0.29, 0.717) is 17.6 Å². The predicted molar refractivity (Wildman–Crippen MR) is 67.8 cm³/mol. The molecule has 0 aliphatic heterocycles. The highest BCUT2D eigenvalue weighted by atomic mass is 79.9. The molecule has 0 spiro atoms. The van der Waals surface area contributed by atoms with E-state index < -0.39 is 4.92 Å². The molecular weight excluding hydrogens is 302 g/mol. The Kier molecular flexibility index (Phi) is 4.06. The van der Waals surface area contributed by atoms with Crippen molar-refractivity contribution in [2.24, 2.45) is 0 Å². The highest BCUT2D eigenvalue weighted by molar-refractivity contribution is 9.10. The largest absolute Gasteiger partial charge is 0.364 e. The van der Waals surface area contributed by atoms with E-state index in [4.69, 9.17) is 4.52 Å². The first-order chi connectivity index (χ1) is 8.68. The minimum atomic E-state index is -0.411. The standard InChI is InChI=1S/C11H10BrN3O3/c12-11-8(2-1-3-10(11)15(16)17)6-13-7-9-4-5-18-14-9/h1-5,13H,6-7H2. The molecule has 0 saturated carbocycles. The molecule has 0 amide bonds. The molecule has 0 aliphatic carbocycles. The molecule has 2 aromatic rings. The van der Waals surface area contributed by atoms with Crippen LogP contribution in [0.25, 0.3) is 0 Å². The Morgan fingerprint density at radius 1 is 1.39 bits per heavy atom. The van der Waals surface area contributed by atoms with E-state index in [-0.39, 0.29) is 5.69 Å². The molecule has 0 atom stereocenters. The number of halogens is 1. The van der Waals surface area contributed by atoms with E-state index in [9.17, 15) is 10.1 Å². The number of nitro groups is 1. The molecule has 94 valence electrons. The number of aromatic nitrogens is 1. The summed E-state index contributed by atoms with van der Waals surface area (Å²) in [5.74, 6) is 0. The zero-order valence-electron chi connectivity index (χ0n) is 9.30. The smallest absolute Gasteiger partial charge is 0.283 e. The number of nitro benzene ring substituents is 1. The average Bonchev–Trinajstić information content (AvgIpc) is 2.84. The van der Waals surface area contributed by atoms with Crippen LogP contribution in [0.5, 0.6) is 0 Å². The molecule has 18 heavy (non-hydrogen) atoms. The highest BCUT2D eigenvalue weighted by Gasteiger charge is 2.14. The molecule has 6 nitrogen and oxygen atoms in total. The Labute approximate surface area is 111 Å². The van der Waals surface area contributed by atoms with Crippen molar-refractivity contribution < 1.29 is 9.45 Å². The van der Waals surface area contributed by atoms with Crippen LogP contribution in [0.2, 0.25) is 0 Å². The molecule has 1 heterocycles. The maximum Gasteiger partial charge on any atom is 0.283 e. The lowest BCUT2D eigenvalue weighted by Crippen LogP contribution is -2.13. The van der Waals surface area contributed by atoms with Crippen molar-refractivity contribution in [3.63, 3.8) is 0 Å². The van der Waals surface area contributed by atoms with Crippen molar-refractivity contribution >= 4 is 21.6 Å². The summed E-state index contributed by atoms with van der Waals surface area (Å²) < 4.78 is 5.21. The van der Waals surface area contributed by atoms with Gasteiger partial charge < -0.3 is 9.84 Å². The molecule has 1 N–H and O–H groups in total. The normalized spacial score (nSPS) is 10.5. The molecular formula is C11H10BrN3O3. The van der Waals surface area contributed by atoms with Crippen molar-refractivity contribution in [1.29, 1.82) is 0 Å². The fourth-order valence-corrected chi connectivity index (χ4v) is 2.05. The number of rotatable bonds is 5. The second-order valence-corrected chi connectivity index (χ2v) is 4.39. The van der Waals surface area contributed by atoms with E-state index in [0.717, 1.165) is 11.3 Å². The minimum Gasteiger partial charge on any atom is -0.364 e. The zero-order valence-corrected chi connectivity index (χ0v) is 10.9. The summed E-state index contributed by atoms with van der Waals surface area (Å²) >= 11 is 3.24. The fraction of sp³-hybridized carbons (Fsp3) is 0.182. The van der Waals surface area contributed by atoms with Crippen LogP contribution in [-0.4, -0.2) is 10.1 Å². The van der Waals surface area contributed by atoms with Crippen molar-refractivity contribution in [2.45, 2.75) is 13.1 Å². The Balaban J connectivity index is 2.01. The van der Waals surface area contributed by atoms with E-state index >= 15 is 0 Å². The second kappa shape index (κ2) is 5.74. The van der Waals surface area contributed by atoms with Gasteiger partial charge in [-0.2, -0.15) is 0 Å². The van der Waals surface area contributed by atoms with Gasteiger partial charge in [-0.25, -0.2) is 0 Å². The van der Waals surface area contributed by atoms with Crippen LogP contribution in [-0.2, 0) is 13.1 Å². The summed E-state index contributed by atoms with van der Waals surface area (Å²) in [7, 11) is 0. The molecule has 0 bridgehead atoms. The quantitative estimate of drug-likeness (QED) is 0.678. The third kappa shape index (κ3) is 2.93. The Hall–Kier alpha value is -1.73. The Morgan fingerprint density at radius 3 is 2.89 bits per heavy atom. The number of benzene rings is 1. The van der Waals surface area contributed by atoms with E-state index in [2.05, 4.69) is 26.4 Å². The van der Waals surface area contributed by atoms with Gasteiger partial charge in [-0.15, -0.1) is 0 Å². The monoisotopic (exact) mass is 311 g/mol. The Morgan fingerprint density at radius 2 is 2.22 bits per heavy atom. The Bertz CT molecular complexity index is 542. The van der Waals surface area contributed by atoms with Crippen LogP contribution in [0.4, 0.5) is 5.69 Å². The summed E-state index contributed by atoms with van der Waals surface area (Å²) in [5, 5.41) is 17.7. The van der Waals surface area contributed by atoms with Crippen molar-refractivity contribution in [3.8, 4) is 0 Å². The molecule has 0 saturated heterocycles. The van der Waals surface area contributed by atoms with Crippen LogP contribution < -0.4 is 5.32 Å². The SMILES string of the molecule is O=[N+]([O-])c1cccc(CNCc2ccon2)c1Br. The molecule has 0 unspecified atom stereocenters. The number of nitrogens with one attached hydrogen (secondary N) is 1. The molecule has 0 radical (unpaired) electrons. The fourth-order valence-electron chi connectivity index (χ4n) is 1.50. The van der Waals surface area contributed by atoms with Gasteiger partial charge in [0.2, 0.25) is 0 Å². The average molecular weight is 312 g/mol. The van der Waals surface area contributed by atoms with Gasteiger partial charge in [-0.1, -0.05) is 17.3 Å². The molecule has 7 heteroatoms. The van der Waals surface area contributed by atoms with Gasteiger partial charge in [0, 0.05) is 25.2 Å². The number of hydrogen-bond donors (Lipinski definition) is 1. The molecule has 2 rings (SSSR count). The summed E-state index contributed by atoms with van der Waals surface area (Å²) in [6, 6.07) is 6.71. The first-order valence-corrected chi connectivity index (χ1v) is 5.99. The maximum atomic E-state index is 10.8. The number of hydrogen-bond acceptors (Lipinski definition) is 5. The van der Waals surface area contributed by atoms with Crippen molar-refractivity contribution in [3.05, 3.63) is 56.4 Å². The van der Waals surface area contributed by atoms with Gasteiger partial charge in [0.1, 0.15) is 6.26 Å². The first-order valence-electron chi connectivity index (χ1n) is 5.20. The summed E-state index contributed by atoms with van der Waals surface area (Å²) in [5.41, 5.74) is 1.68. The van der Waals surface area contributed by atoms with Gasteiger partial charge in [-0.05, 0) is 21.5 Å². The van der Waals surface area contributed by atoms with Crippen LogP contribution in [0.15, 0.2) is 39.5 Å². The van der Waals surface area contributed by atoms with E-state index in [1.165, 1.54) is 12.3 Å². The maximum absolute atomic E-state index is 10.8. The summed E-state index contributed by atoms with van der Waals surface area (Å²) in [6.07, 6.45) is 1.50. The molecule has 0 fully saturated rings. The summed E-state index contributed by atoms with van der Waals surface area (Å²) in [6.45, 7) is 1.06. The van der Waals surface area contributed by atoms with Gasteiger partial charge in [0.25, 0.3) is 5.69 Å². The predicted octanol–water partition coefficient (Wildman–Crippen LogP) is 2.64. The summed E-state index contributed by atoms with van der Waals surface area (Å²) in [4.78, 5) is 10.4. The van der Waals surface area contributed by atoms with E-state index in [1.54, 1.807) is 12.1 Å². The zero-order chi connectivity index (χ0) is 13.0. The van der Waals surface area contributed by atoms with Crippen molar-refractivity contribution in [1.82, 2.24) is 10.5 Å². The second-order valence-electron chi connectivity index (χ2n) is 3.60. The van der Waals surface area contributed by atoms with Gasteiger partial charge in [-0.3, -0.25) is 10.1 Å². The lowest BCUT2D eigenvalue weighted by atomic mass is 10.2. The molecule has 1 aromatic carbocycles. The van der Waals surface area contributed by atoms with Crippen LogP contribution in [0.3, 0.4) is 0 Å². The topological polar surface area (TPSA) is 81.2 Å². The van der Waals surface area contributed by atoms with E-state index in [1.807, 2.05) is 6.07 Å². The van der Waals surface area contributed by atoms with Crippen molar-refractivity contribution in [2.75, 3.05) is 0 Å². The minimum absolute atomic E-state index is 0.0655. The van der Waals surface area contributed by atoms with Gasteiger partial charge >= 0.3 is 0 Å². The lowest BCUT2D eigenvalue weighted by Gasteiger charge is -2.05. The third-order valence-corrected chi connectivity index (χ3v) is 3.28. The first kappa shape index (κ1) is 12.7. The van der Waals surface area contributed by atoms with Crippen LogP contribution in [0.1, 0.15) is 11.3 Å². The van der Waals surface area contributed by atoms with Crippen LogP contribution >= 0.6 is 15.9 Å².